The van der Waals surface area contributed by atoms with Gasteiger partial charge in [0.1, 0.15) is 5.75 Å². The lowest BCUT2D eigenvalue weighted by Gasteiger charge is -2.29. The summed E-state index contributed by atoms with van der Waals surface area (Å²) in [5, 5.41) is 3.09. The maximum absolute atomic E-state index is 12.4. The summed E-state index contributed by atoms with van der Waals surface area (Å²) in [5.74, 6) is 2.19. The molecule has 1 aliphatic heterocycles. The lowest BCUT2D eigenvalue weighted by Crippen LogP contribution is -2.40. The number of nitrogens with one attached hydrogen (secondary N) is 1. The molecule has 1 aromatic heterocycles. The molecule has 30 heavy (non-hydrogen) atoms. The van der Waals surface area contributed by atoms with Crippen LogP contribution in [0, 0.1) is 13.8 Å². The number of fused-ring (bicyclic) bond motifs is 1. The number of hydrogen-bond donors (Lipinski definition) is 1. The topological polar surface area (TPSA) is 91.7 Å². The summed E-state index contributed by atoms with van der Waals surface area (Å²) in [7, 11) is 0. The summed E-state index contributed by atoms with van der Waals surface area (Å²) >= 11 is 0. The van der Waals surface area contributed by atoms with E-state index in [-0.39, 0.29) is 37.0 Å². The van der Waals surface area contributed by atoms with Crippen molar-refractivity contribution in [3.8, 4) is 17.2 Å². The fraction of sp³-hybridized carbons (Fsp3) is 0.500. The molecular weight excluding hydrogens is 386 g/mol. The number of amides is 1. The first-order chi connectivity index (χ1) is 14.5. The molecule has 2 aliphatic rings. The number of benzene rings is 1. The summed E-state index contributed by atoms with van der Waals surface area (Å²) in [6.45, 7) is 4.23. The van der Waals surface area contributed by atoms with Gasteiger partial charge in [0.15, 0.2) is 11.5 Å². The van der Waals surface area contributed by atoms with Crippen LogP contribution in [0.15, 0.2) is 29.1 Å². The van der Waals surface area contributed by atoms with E-state index in [1.807, 2.05) is 31.2 Å². The van der Waals surface area contributed by atoms with E-state index in [9.17, 15) is 9.59 Å². The smallest absolute Gasteiger partial charge is 0.347 e. The number of carbonyl (C=O) groups is 1. The molecule has 1 amide bonds. The minimum absolute atomic E-state index is 0.0398. The van der Waals surface area contributed by atoms with Crippen molar-refractivity contribution in [3.05, 3.63) is 46.1 Å². The molecule has 2 heterocycles. The van der Waals surface area contributed by atoms with Crippen LogP contribution in [0.4, 0.5) is 0 Å². The van der Waals surface area contributed by atoms with Crippen LogP contribution >= 0.6 is 0 Å². The summed E-state index contributed by atoms with van der Waals surface area (Å²) < 4.78 is 18.3. The van der Waals surface area contributed by atoms with Crippen molar-refractivity contribution < 1.29 is 19.0 Å². The van der Waals surface area contributed by atoms with E-state index < -0.39 is 0 Å². The number of aryl methyl sites for hydroxylation is 2. The van der Waals surface area contributed by atoms with Crippen molar-refractivity contribution in [2.75, 3.05) is 6.79 Å². The van der Waals surface area contributed by atoms with Crippen LogP contribution in [0.5, 0.6) is 17.2 Å². The predicted molar refractivity (Wildman–Crippen MR) is 110 cm³/mol. The number of rotatable bonds is 6. The molecule has 0 bridgehead atoms. The minimum Gasteiger partial charge on any atom is -0.490 e. The van der Waals surface area contributed by atoms with Gasteiger partial charge in [-0.15, -0.1) is 0 Å². The highest BCUT2D eigenvalue weighted by Crippen LogP contribution is 2.36. The molecule has 1 N–H and O–H groups in total. The van der Waals surface area contributed by atoms with Crippen LogP contribution in [0.3, 0.4) is 0 Å². The van der Waals surface area contributed by atoms with E-state index in [1.54, 1.807) is 11.5 Å². The molecule has 1 aliphatic carbocycles. The van der Waals surface area contributed by atoms with Crippen LogP contribution in [-0.4, -0.2) is 34.4 Å². The molecule has 8 nitrogen and oxygen atoms in total. The Balaban J connectivity index is 1.22. The van der Waals surface area contributed by atoms with Crippen molar-refractivity contribution in [3.63, 3.8) is 0 Å². The second-order valence-corrected chi connectivity index (χ2v) is 7.90. The fourth-order valence-electron chi connectivity index (χ4n) is 4.03. The van der Waals surface area contributed by atoms with E-state index in [0.29, 0.717) is 18.0 Å². The van der Waals surface area contributed by atoms with Gasteiger partial charge in [0.2, 0.25) is 12.7 Å². The number of ether oxygens (including phenoxy) is 3. The van der Waals surface area contributed by atoms with Gasteiger partial charge in [-0.3, -0.25) is 9.36 Å². The molecule has 0 unspecified atom stereocenters. The number of carbonyl (C=O) groups excluding carboxylic acids is 1. The second-order valence-electron chi connectivity index (χ2n) is 7.90. The molecule has 1 saturated carbocycles. The molecule has 0 spiro atoms. The molecule has 0 radical (unpaired) electrons. The SMILES string of the molecule is Cc1cc(C)n(CCC(=O)NC2CCC(Oc3ccc4c(c3)OCO4)CC2)c(=O)n1. The highest BCUT2D eigenvalue weighted by atomic mass is 16.7. The lowest BCUT2D eigenvalue weighted by molar-refractivity contribution is -0.122. The first-order valence-electron chi connectivity index (χ1n) is 10.4. The minimum atomic E-state index is -0.304. The zero-order valence-corrected chi connectivity index (χ0v) is 17.3. The van der Waals surface area contributed by atoms with Gasteiger partial charge in [0.25, 0.3) is 0 Å². The Hall–Kier alpha value is -3.03. The van der Waals surface area contributed by atoms with Crippen LogP contribution in [0.1, 0.15) is 43.5 Å². The Bertz CT molecular complexity index is 979. The Kier molecular flexibility index (Phi) is 5.92. The standard InChI is InChI=1S/C22H27N3O5/c1-14-11-15(2)25(22(27)23-14)10-9-21(26)24-16-3-5-17(6-4-16)30-18-7-8-19-20(12-18)29-13-28-19/h7-8,11-12,16-17H,3-6,9-10,13H2,1-2H3,(H,24,26). The van der Waals surface area contributed by atoms with Crippen LogP contribution in [0.25, 0.3) is 0 Å². The van der Waals surface area contributed by atoms with Gasteiger partial charge < -0.3 is 19.5 Å². The van der Waals surface area contributed by atoms with Gasteiger partial charge in [-0.2, -0.15) is 4.98 Å². The van der Waals surface area contributed by atoms with Crippen molar-refractivity contribution >= 4 is 5.91 Å². The summed E-state index contributed by atoms with van der Waals surface area (Å²) in [5.41, 5.74) is 1.21. The average molecular weight is 413 g/mol. The first-order valence-corrected chi connectivity index (χ1v) is 10.4. The normalized spacial score (nSPS) is 20.1. The van der Waals surface area contributed by atoms with Crippen LogP contribution < -0.4 is 25.2 Å². The van der Waals surface area contributed by atoms with E-state index in [2.05, 4.69) is 10.3 Å². The molecule has 4 rings (SSSR count). The fourth-order valence-corrected chi connectivity index (χ4v) is 4.03. The van der Waals surface area contributed by atoms with E-state index in [4.69, 9.17) is 14.2 Å². The number of hydrogen-bond acceptors (Lipinski definition) is 6. The maximum atomic E-state index is 12.4. The third-order valence-corrected chi connectivity index (χ3v) is 5.60. The molecule has 2 aromatic rings. The third kappa shape index (κ3) is 4.75. The maximum Gasteiger partial charge on any atom is 0.347 e. The second kappa shape index (κ2) is 8.77. The molecule has 8 heteroatoms. The molecule has 1 fully saturated rings. The van der Waals surface area contributed by atoms with Crippen LogP contribution in [-0.2, 0) is 11.3 Å². The zero-order chi connectivity index (χ0) is 21.1. The Morgan fingerprint density at radius 1 is 1.17 bits per heavy atom. The Labute approximate surface area is 175 Å². The lowest BCUT2D eigenvalue weighted by atomic mass is 9.93. The number of aromatic nitrogens is 2. The highest BCUT2D eigenvalue weighted by Gasteiger charge is 2.24. The van der Waals surface area contributed by atoms with E-state index in [1.165, 1.54) is 0 Å². The van der Waals surface area contributed by atoms with Gasteiger partial charge in [-0.05, 0) is 57.7 Å². The monoisotopic (exact) mass is 413 g/mol. The van der Waals surface area contributed by atoms with E-state index in [0.717, 1.165) is 42.9 Å². The summed E-state index contributed by atoms with van der Waals surface area (Å²) in [6, 6.07) is 7.61. The third-order valence-electron chi connectivity index (χ3n) is 5.60. The molecule has 1 aromatic carbocycles. The Morgan fingerprint density at radius 3 is 2.70 bits per heavy atom. The van der Waals surface area contributed by atoms with Crippen LogP contribution in [0.2, 0.25) is 0 Å². The predicted octanol–water partition coefficient (Wildman–Crippen LogP) is 2.49. The number of nitrogens with zero attached hydrogens (tertiary/aromatic N) is 2. The van der Waals surface area contributed by atoms with Crippen molar-refractivity contribution in [2.45, 2.75) is 64.6 Å². The summed E-state index contributed by atoms with van der Waals surface area (Å²) in [6.07, 6.45) is 3.87. The van der Waals surface area contributed by atoms with Gasteiger partial charge in [0.05, 0.1) is 6.10 Å². The molecule has 0 saturated heterocycles. The quantitative estimate of drug-likeness (QED) is 0.782. The van der Waals surface area contributed by atoms with Crippen molar-refractivity contribution in [2.24, 2.45) is 0 Å². The van der Waals surface area contributed by atoms with E-state index >= 15 is 0 Å². The Morgan fingerprint density at radius 2 is 1.93 bits per heavy atom. The van der Waals surface area contributed by atoms with Gasteiger partial charge in [0, 0.05) is 36.5 Å². The zero-order valence-electron chi connectivity index (χ0n) is 17.3. The molecule has 0 atom stereocenters. The largest absolute Gasteiger partial charge is 0.490 e. The van der Waals surface area contributed by atoms with Gasteiger partial charge >= 0.3 is 5.69 Å². The van der Waals surface area contributed by atoms with Gasteiger partial charge in [-0.25, -0.2) is 4.79 Å². The summed E-state index contributed by atoms with van der Waals surface area (Å²) in [4.78, 5) is 28.3. The average Bonchev–Trinajstić information content (AvgIpc) is 3.16. The van der Waals surface area contributed by atoms with Gasteiger partial charge in [-0.1, -0.05) is 0 Å². The van der Waals surface area contributed by atoms with Crippen molar-refractivity contribution in [1.82, 2.24) is 14.9 Å². The molecular formula is C22H27N3O5. The molecule has 160 valence electrons. The van der Waals surface area contributed by atoms with Crippen molar-refractivity contribution in [1.29, 1.82) is 0 Å². The first kappa shape index (κ1) is 20.3. The highest BCUT2D eigenvalue weighted by molar-refractivity contribution is 5.76.